The van der Waals surface area contributed by atoms with Gasteiger partial charge in [0.05, 0.1) is 12.4 Å². The van der Waals surface area contributed by atoms with Gasteiger partial charge in [-0.2, -0.15) is 0 Å². The maximum atomic E-state index is 11.5. The molecule has 1 aromatic carbocycles. The number of aromatic nitrogens is 3. The van der Waals surface area contributed by atoms with Crippen molar-refractivity contribution in [2.45, 2.75) is 51.9 Å². The molecule has 6 nitrogen and oxygen atoms in total. The topological polar surface area (TPSA) is 66.2 Å². The molecule has 0 aliphatic carbocycles. The highest BCUT2D eigenvalue weighted by atomic mass is 32.2. The Morgan fingerprint density at radius 3 is 2.52 bits per heavy atom. The van der Waals surface area contributed by atoms with Crippen LogP contribution in [0.3, 0.4) is 0 Å². The van der Waals surface area contributed by atoms with E-state index in [1.165, 1.54) is 17.3 Å². The first-order valence-corrected chi connectivity index (χ1v) is 9.54. The third-order valence-electron chi connectivity index (χ3n) is 3.69. The summed E-state index contributed by atoms with van der Waals surface area (Å²) in [7, 11) is 0. The van der Waals surface area contributed by atoms with Crippen molar-refractivity contribution < 1.29 is 14.3 Å². The summed E-state index contributed by atoms with van der Waals surface area (Å²) in [6.45, 7) is 8.97. The van der Waals surface area contributed by atoms with Crippen molar-refractivity contribution in [3.8, 4) is 5.75 Å². The van der Waals surface area contributed by atoms with E-state index in [-0.39, 0.29) is 17.8 Å². The Morgan fingerprint density at radius 1 is 1.20 bits per heavy atom. The van der Waals surface area contributed by atoms with Gasteiger partial charge in [-0.05, 0) is 44.9 Å². The summed E-state index contributed by atoms with van der Waals surface area (Å²) in [6, 6.07) is 8.07. The molecule has 25 heavy (non-hydrogen) atoms. The molecule has 0 saturated heterocycles. The number of esters is 1. The van der Waals surface area contributed by atoms with Crippen LogP contribution < -0.4 is 4.74 Å². The predicted molar refractivity (Wildman–Crippen MR) is 97.9 cm³/mol. The molecule has 136 valence electrons. The Bertz CT molecular complexity index is 685. The molecule has 0 amide bonds. The van der Waals surface area contributed by atoms with E-state index in [2.05, 4.69) is 29.3 Å². The largest absolute Gasteiger partial charge is 0.483 e. The maximum Gasteiger partial charge on any atom is 0.316 e. The van der Waals surface area contributed by atoms with Crippen molar-refractivity contribution >= 4 is 17.7 Å². The van der Waals surface area contributed by atoms with Gasteiger partial charge in [-0.25, -0.2) is 0 Å². The van der Waals surface area contributed by atoms with Crippen LogP contribution in [0.2, 0.25) is 0 Å². The Balaban J connectivity index is 2.05. The second-order valence-electron chi connectivity index (χ2n) is 5.44. The number of benzene rings is 1. The van der Waals surface area contributed by atoms with Crippen LogP contribution >= 0.6 is 11.8 Å². The first-order chi connectivity index (χ1) is 12.1. The SMILES string of the molecule is CCOC(=O)CSc1nnc(C(C)Oc2ccc(CC)cc2)n1CC. The summed E-state index contributed by atoms with van der Waals surface area (Å²) in [5.74, 6) is 1.52. The number of aryl methyl sites for hydroxylation is 1. The Labute approximate surface area is 152 Å². The molecule has 0 fully saturated rings. The molecule has 7 heteroatoms. The zero-order valence-corrected chi connectivity index (χ0v) is 16.0. The lowest BCUT2D eigenvalue weighted by Gasteiger charge is -2.15. The third-order valence-corrected chi connectivity index (χ3v) is 4.63. The molecule has 0 bridgehead atoms. The number of hydrogen-bond acceptors (Lipinski definition) is 6. The predicted octanol–water partition coefficient (Wildman–Crippen LogP) is 3.66. The van der Waals surface area contributed by atoms with Gasteiger partial charge in [-0.15, -0.1) is 10.2 Å². The maximum absolute atomic E-state index is 11.5. The lowest BCUT2D eigenvalue weighted by atomic mass is 10.2. The minimum atomic E-state index is -0.250. The van der Waals surface area contributed by atoms with Gasteiger partial charge in [-0.3, -0.25) is 4.79 Å². The van der Waals surface area contributed by atoms with Gasteiger partial charge < -0.3 is 14.0 Å². The van der Waals surface area contributed by atoms with Crippen molar-refractivity contribution in [2.75, 3.05) is 12.4 Å². The van der Waals surface area contributed by atoms with Crippen LogP contribution in [0.5, 0.6) is 5.75 Å². The highest BCUT2D eigenvalue weighted by Gasteiger charge is 2.19. The van der Waals surface area contributed by atoms with Crippen LogP contribution in [-0.4, -0.2) is 33.1 Å². The van der Waals surface area contributed by atoms with Gasteiger partial charge in [0.1, 0.15) is 5.75 Å². The highest BCUT2D eigenvalue weighted by Crippen LogP contribution is 2.25. The minimum Gasteiger partial charge on any atom is -0.483 e. The number of carbonyl (C=O) groups excluding carboxylic acids is 1. The molecule has 1 atom stereocenters. The second kappa shape index (κ2) is 9.46. The average Bonchev–Trinajstić information content (AvgIpc) is 3.04. The number of carbonyl (C=O) groups is 1. The van der Waals surface area contributed by atoms with Gasteiger partial charge in [0.2, 0.25) is 0 Å². The standard InChI is InChI=1S/C18H25N3O3S/c1-5-14-8-10-15(11-9-14)24-13(4)17-19-20-18(21(17)6-2)25-12-16(22)23-7-3/h8-11,13H,5-7,12H2,1-4H3. The van der Waals surface area contributed by atoms with Crippen LogP contribution in [0.15, 0.2) is 29.4 Å². The summed E-state index contributed by atoms with van der Waals surface area (Å²) in [5.41, 5.74) is 1.27. The molecule has 0 N–H and O–H groups in total. The van der Waals surface area contributed by atoms with Gasteiger partial charge in [0, 0.05) is 6.54 Å². The first-order valence-electron chi connectivity index (χ1n) is 8.56. The summed E-state index contributed by atoms with van der Waals surface area (Å²) >= 11 is 1.33. The zero-order valence-electron chi connectivity index (χ0n) is 15.2. The summed E-state index contributed by atoms with van der Waals surface area (Å²) in [5, 5.41) is 9.15. The van der Waals surface area contributed by atoms with Crippen molar-refractivity contribution in [1.82, 2.24) is 14.8 Å². The lowest BCUT2D eigenvalue weighted by Crippen LogP contribution is -2.12. The van der Waals surface area contributed by atoms with Crippen molar-refractivity contribution in [3.63, 3.8) is 0 Å². The third kappa shape index (κ3) is 5.22. The van der Waals surface area contributed by atoms with Crippen molar-refractivity contribution in [3.05, 3.63) is 35.7 Å². The minimum absolute atomic E-state index is 0.222. The van der Waals surface area contributed by atoms with Gasteiger partial charge in [-0.1, -0.05) is 30.8 Å². The Hall–Kier alpha value is -2.02. The molecule has 0 spiro atoms. The van der Waals surface area contributed by atoms with Crippen molar-refractivity contribution in [2.24, 2.45) is 0 Å². The van der Waals surface area contributed by atoms with E-state index in [4.69, 9.17) is 9.47 Å². The van der Waals surface area contributed by atoms with E-state index >= 15 is 0 Å². The van der Waals surface area contributed by atoms with E-state index in [0.29, 0.717) is 18.3 Å². The number of rotatable bonds is 9. The van der Waals surface area contributed by atoms with Crippen LogP contribution in [0.25, 0.3) is 0 Å². The number of ether oxygens (including phenoxy) is 2. The molecule has 1 heterocycles. The van der Waals surface area contributed by atoms with Gasteiger partial charge in [0.15, 0.2) is 17.1 Å². The van der Waals surface area contributed by atoms with Crippen LogP contribution in [0, 0.1) is 0 Å². The first kappa shape index (κ1) is 19.3. The number of thioether (sulfide) groups is 1. The number of hydrogen-bond donors (Lipinski definition) is 0. The fraction of sp³-hybridized carbons (Fsp3) is 0.500. The van der Waals surface area contributed by atoms with Crippen LogP contribution in [0.1, 0.15) is 45.2 Å². The quantitative estimate of drug-likeness (QED) is 0.500. The molecule has 2 aromatic rings. The van der Waals surface area contributed by atoms with E-state index in [0.717, 1.165) is 18.0 Å². The zero-order chi connectivity index (χ0) is 18.2. The molecule has 1 unspecified atom stereocenters. The molecule has 0 radical (unpaired) electrons. The van der Waals surface area contributed by atoms with Gasteiger partial charge >= 0.3 is 5.97 Å². The lowest BCUT2D eigenvalue weighted by molar-refractivity contribution is -0.139. The van der Waals surface area contributed by atoms with E-state index in [1.807, 2.05) is 30.5 Å². The summed E-state index contributed by atoms with van der Waals surface area (Å²) < 4.78 is 12.9. The normalized spacial score (nSPS) is 12.0. The van der Waals surface area contributed by atoms with Crippen molar-refractivity contribution in [1.29, 1.82) is 0 Å². The van der Waals surface area contributed by atoms with E-state index < -0.39 is 0 Å². The fourth-order valence-electron chi connectivity index (χ4n) is 2.39. The second-order valence-corrected chi connectivity index (χ2v) is 6.38. The molecule has 1 aromatic heterocycles. The average molecular weight is 363 g/mol. The summed E-state index contributed by atoms with van der Waals surface area (Å²) in [6.07, 6.45) is 0.762. The van der Waals surface area contributed by atoms with E-state index in [1.54, 1.807) is 6.92 Å². The molecule has 2 rings (SSSR count). The smallest absolute Gasteiger partial charge is 0.316 e. The van der Waals surface area contributed by atoms with Gasteiger partial charge in [0.25, 0.3) is 0 Å². The molecule has 0 aliphatic rings. The van der Waals surface area contributed by atoms with Crippen LogP contribution in [-0.2, 0) is 22.5 Å². The fourth-order valence-corrected chi connectivity index (χ4v) is 3.20. The Kier molecular flexibility index (Phi) is 7.31. The molecule has 0 saturated carbocycles. The molecule has 0 aliphatic heterocycles. The monoisotopic (exact) mass is 363 g/mol. The molecular formula is C18H25N3O3S. The van der Waals surface area contributed by atoms with Crippen LogP contribution in [0.4, 0.5) is 0 Å². The number of nitrogens with zero attached hydrogens (tertiary/aromatic N) is 3. The Morgan fingerprint density at radius 2 is 1.92 bits per heavy atom. The molecular weight excluding hydrogens is 338 g/mol. The summed E-state index contributed by atoms with van der Waals surface area (Å²) in [4.78, 5) is 11.5. The van der Waals surface area contributed by atoms with E-state index in [9.17, 15) is 4.79 Å². The highest BCUT2D eigenvalue weighted by molar-refractivity contribution is 7.99.